The van der Waals surface area contributed by atoms with Crippen molar-refractivity contribution in [3.8, 4) is 11.1 Å². The molecule has 0 heterocycles. The number of aryl methyl sites for hydroxylation is 1. The molecule has 0 spiro atoms. The third-order valence-electron chi connectivity index (χ3n) is 5.52. The summed E-state index contributed by atoms with van der Waals surface area (Å²) in [7, 11) is 0. The van der Waals surface area contributed by atoms with Gasteiger partial charge in [0.2, 0.25) is 0 Å². The van der Waals surface area contributed by atoms with Gasteiger partial charge in [0, 0.05) is 0 Å². The van der Waals surface area contributed by atoms with Gasteiger partial charge in [0.15, 0.2) is 0 Å². The highest BCUT2D eigenvalue weighted by Crippen LogP contribution is 2.26. The molecule has 0 saturated heterocycles. The third kappa shape index (κ3) is 3.11. The molecule has 24 heavy (non-hydrogen) atoms. The normalized spacial score (nSPS) is 19.0. The molecular weight excluding hydrogens is 288 g/mol. The molecule has 0 unspecified atom stereocenters. The van der Waals surface area contributed by atoms with E-state index in [1.54, 1.807) is 0 Å². The van der Waals surface area contributed by atoms with Gasteiger partial charge < -0.3 is 0 Å². The van der Waals surface area contributed by atoms with Crippen molar-refractivity contribution in [2.45, 2.75) is 45.4 Å². The first-order chi connectivity index (χ1) is 11.8. The minimum atomic E-state index is 0.780. The molecule has 4 rings (SSSR count). The van der Waals surface area contributed by atoms with Crippen molar-refractivity contribution in [3.05, 3.63) is 70.1 Å². The van der Waals surface area contributed by atoms with Gasteiger partial charge in [-0.05, 0) is 70.0 Å². The fraction of sp³-hybridized carbons (Fsp3) is 0.333. The second-order valence-corrected chi connectivity index (χ2v) is 7.21. The molecule has 1 saturated carbocycles. The Morgan fingerprint density at radius 3 is 2.46 bits per heavy atom. The van der Waals surface area contributed by atoms with Crippen LogP contribution in [0, 0.1) is 5.92 Å². The van der Waals surface area contributed by atoms with Crippen molar-refractivity contribution >= 4 is 12.2 Å². The van der Waals surface area contributed by atoms with Crippen LogP contribution in [0.15, 0.2) is 54.1 Å². The maximum absolute atomic E-state index is 2.52. The molecule has 2 aromatic rings. The van der Waals surface area contributed by atoms with Gasteiger partial charge >= 0.3 is 0 Å². The Hall–Kier alpha value is -2.08. The van der Waals surface area contributed by atoms with Crippen molar-refractivity contribution in [2.75, 3.05) is 0 Å². The predicted octanol–water partition coefficient (Wildman–Crippen LogP) is 5.00. The summed E-state index contributed by atoms with van der Waals surface area (Å²) in [6.07, 6.45) is 15.3. The van der Waals surface area contributed by atoms with E-state index in [1.165, 1.54) is 64.8 Å². The molecule has 0 radical (unpaired) electrons. The lowest BCUT2D eigenvalue weighted by atomic mass is 9.88. The summed E-state index contributed by atoms with van der Waals surface area (Å²) in [6, 6.07) is 15.7. The molecule has 2 aromatic carbocycles. The number of benzene rings is 2. The van der Waals surface area contributed by atoms with E-state index in [-0.39, 0.29) is 0 Å². The Morgan fingerprint density at radius 1 is 0.917 bits per heavy atom. The highest BCUT2D eigenvalue weighted by atomic mass is 14.2. The number of allylic oxidation sites excluding steroid dienone is 2. The molecule has 122 valence electrons. The van der Waals surface area contributed by atoms with Gasteiger partial charge in [-0.3, -0.25) is 0 Å². The van der Waals surface area contributed by atoms with E-state index >= 15 is 0 Å². The first kappa shape index (κ1) is 15.4. The highest BCUT2D eigenvalue weighted by Gasteiger charge is 2.12. The Kier molecular flexibility index (Phi) is 4.38. The van der Waals surface area contributed by atoms with Crippen LogP contribution in [0.3, 0.4) is 0 Å². The average molecular weight is 314 g/mol. The van der Waals surface area contributed by atoms with Gasteiger partial charge in [-0.25, -0.2) is 0 Å². The summed E-state index contributed by atoms with van der Waals surface area (Å²) < 4.78 is 0. The van der Waals surface area contributed by atoms with Gasteiger partial charge in [-0.15, -0.1) is 0 Å². The smallest absolute Gasteiger partial charge is 0.00994 e. The Balaban J connectivity index is 1.71. The summed E-state index contributed by atoms with van der Waals surface area (Å²) >= 11 is 0. The molecule has 0 nitrogen and oxygen atoms in total. The number of hydrogen-bond donors (Lipinski definition) is 0. The first-order valence-electron chi connectivity index (χ1n) is 9.47. The van der Waals surface area contributed by atoms with Crippen molar-refractivity contribution in [3.63, 3.8) is 0 Å². The van der Waals surface area contributed by atoms with Crippen LogP contribution in [0.4, 0.5) is 0 Å². The molecule has 0 heteroatoms. The van der Waals surface area contributed by atoms with E-state index in [1.807, 2.05) is 0 Å². The molecule has 0 aromatic heterocycles. The fourth-order valence-electron chi connectivity index (χ4n) is 4.10. The van der Waals surface area contributed by atoms with E-state index in [9.17, 15) is 0 Å². The summed E-state index contributed by atoms with van der Waals surface area (Å²) in [6.45, 7) is 2.21. The fourth-order valence-corrected chi connectivity index (χ4v) is 4.10. The molecular formula is C24H26. The largest absolute Gasteiger partial charge is 0.0741 e. The molecule has 1 fully saturated rings. The van der Waals surface area contributed by atoms with Gasteiger partial charge in [0.25, 0.3) is 0 Å². The Morgan fingerprint density at radius 2 is 1.71 bits per heavy atom. The zero-order valence-electron chi connectivity index (χ0n) is 14.6. The highest BCUT2D eigenvalue weighted by molar-refractivity contribution is 5.77. The average Bonchev–Trinajstić information content (AvgIpc) is 3.05. The van der Waals surface area contributed by atoms with Crippen LogP contribution in [-0.2, 0) is 6.42 Å². The van der Waals surface area contributed by atoms with Gasteiger partial charge in [-0.2, -0.15) is 0 Å². The van der Waals surface area contributed by atoms with Crippen LogP contribution in [0.25, 0.3) is 23.3 Å². The van der Waals surface area contributed by atoms with Crippen molar-refractivity contribution in [2.24, 2.45) is 5.92 Å². The minimum Gasteiger partial charge on any atom is -0.0741 e. The SMILES string of the molecule is CCc1ccc(-c2cccc3c2=CC(=CC2CCCCC2)C=3)cc1. The summed E-state index contributed by atoms with van der Waals surface area (Å²) in [4.78, 5) is 0. The summed E-state index contributed by atoms with van der Waals surface area (Å²) in [5.41, 5.74) is 5.50. The van der Waals surface area contributed by atoms with E-state index in [2.05, 4.69) is 67.6 Å². The quantitative estimate of drug-likeness (QED) is 0.748. The Labute approximate surface area is 145 Å². The van der Waals surface area contributed by atoms with Gasteiger partial charge in [-0.1, -0.05) is 74.7 Å². The second-order valence-electron chi connectivity index (χ2n) is 7.21. The van der Waals surface area contributed by atoms with E-state index in [0.717, 1.165) is 12.3 Å². The van der Waals surface area contributed by atoms with Crippen LogP contribution in [0.1, 0.15) is 44.6 Å². The maximum Gasteiger partial charge on any atom is -0.00994 e. The predicted molar refractivity (Wildman–Crippen MR) is 104 cm³/mol. The van der Waals surface area contributed by atoms with E-state index in [0.29, 0.717) is 0 Å². The van der Waals surface area contributed by atoms with Gasteiger partial charge in [0.05, 0.1) is 0 Å². The number of hydrogen-bond acceptors (Lipinski definition) is 0. The Bertz CT molecular complexity index is 859. The van der Waals surface area contributed by atoms with Crippen LogP contribution >= 0.6 is 0 Å². The van der Waals surface area contributed by atoms with Crippen molar-refractivity contribution in [1.82, 2.24) is 0 Å². The second kappa shape index (κ2) is 6.81. The monoisotopic (exact) mass is 314 g/mol. The molecule has 2 aliphatic rings. The zero-order valence-corrected chi connectivity index (χ0v) is 14.6. The zero-order chi connectivity index (χ0) is 16.4. The summed E-state index contributed by atoms with van der Waals surface area (Å²) in [5.74, 6) is 0.780. The molecule has 0 bridgehead atoms. The molecule has 0 amide bonds. The van der Waals surface area contributed by atoms with E-state index < -0.39 is 0 Å². The lowest BCUT2D eigenvalue weighted by Crippen LogP contribution is -2.22. The minimum absolute atomic E-state index is 0.780. The van der Waals surface area contributed by atoms with E-state index in [4.69, 9.17) is 0 Å². The first-order valence-corrected chi connectivity index (χ1v) is 9.47. The van der Waals surface area contributed by atoms with Crippen molar-refractivity contribution in [1.29, 1.82) is 0 Å². The molecule has 0 atom stereocenters. The number of rotatable bonds is 3. The lowest BCUT2D eigenvalue weighted by molar-refractivity contribution is 0.419. The van der Waals surface area contributed by atoms with Crippen molar-refractivity contribution < 1.29 is 0 Å². The maximum atomic E-state index is 2.52. The van der Waals surface area contributed by atoms with Crippen LogP contribution in [0.5, 0.6) is 0 Å². The molecule has 2 aliphatic carbocycles. The molecule has 0 N–H and O–H groups in total. The third-order valence-corrected chi connectivity index (χ3v) is 5.52. The number of fused-ring (bicyclic) bond motifs is 1. The van der Waals surface area contributed by atoms with Crippen LogP contribution in [0.2, 0.25) is 0 Å². The van der Waals surface area contributed by atoms with Crippen LogP contribution in [-0.4, -0.2) is 0 Å². The topological polar surface area (TPSA) is 0 Å². The van der Waals surface area contributed by atoms with Crippen LogP contribution < -0.4 is 10.4 Å². The van der Waals surface area contributed by atoms with Gasteiger partial charge in [0.1, 0.15) is 0 Å². The lowest BCUT2D eigenvalue weighted by Gasteiger charge is -2.18. The summed E-state index contributed by atoms with van der Waals surface area (Å²) in [5, 5.41) is 2.76. The standard InChI is InChI=1S/C24H26/c1-2-18-11-13-21(14-12-18)23-10-6-9-22-16-20(17-24(22)23)15-19-7-4-3-5-8-19/h6,9-17,19H,2-5,7-8H2,1H3. The molecule has 0 aliphatic heterocycles.